The molecule has 1 N–H and O–H groups in total. The Kier molecular flexibility index (Phi) is 4.70. The molecule has 5 nitrogen and oxygen atoms in total. The molecule has 0 radical (unpaired) electrons. The first-order valence-electron chi connectivity index (χ1n) is 7.08. The summed E-state index contributed by atoms with van der Waals surface area (Å²) in [6.45, 7) is 2.47. The van der Waals surface area contributed by atoms with Gasteiger partial charge in [0, 0.05) is 29.4 Å². The van der Waals surface area contributed by atoms with Crippen LogP contribution in [0, 0.1) is 0 Å². The van der Waals surface area contributed by atoms with E-state index in [-0.39, 0.29) is 5.91 Å². The fraction of sp³-hybridized carbons (Fsp3) is 0.250. The molecule has 1 aliphatic rings. The molecule has 1 saturated heterocycles. The van der Waals surface area contributed by atoms with Gasteiger partial charge in [-0.2, -0.15) is 0 Å². The number of morpholine rings is 1. The molecule has 114 valence electrons. The van der Waals surface area contributed by atoms with Gasteiger partial charge in [-0.3, -0.25) is 4.79 Å². The summed E-state index contributed by atoms with van der Waals surface area (Å²) in [5, 5.41) is 3.20. The molecular formula is C16H16BrN3O2. The standard InChI is InChI=1S/C16H16BrN3O2/c17-13-2-4-14(5-3-13)19-15-6-1-12(11-18-15)16(21)20-7-9-22-10-8-20/h1-6,11H,7-10H2,(H,18,19). The van der Waals surface area contributed by atoms with Crippen LogP contribution >= 0.6 is 15.9 Å². The minimum atomic E-state index is 0.00555. The monoisotopic (exact) mass is 361 g/mol. The van der Waals surface area contributed by atoms with Gasteiger partial charge in [-0.1, -0.05) is 15.9 Å². The number of nitrogens with zero attached hydrogens (tertiary/aromatic N) is 2. The second-order valence-corrected chi connectivity index (χ2v) is 5.88. The molecule has 0 unspecified atom stereocenters. The van der Waals surface area contributed by atoms with Crippen LogP contribution < -0.4 is 5.32 Å². The lowest BCUT2D eigenvalue weighted by molar-refractivity contribution is 0.0302. The number of anilines is 2. The van der Waals surface area contributed by atoms with Crippen molar-refractivity contribution in [1.82, 2.24) is 9.88 Å². The molecule has 0 aliphatic carbocycles. The molecule has 3 rings (SSSR count). The summed E-state index contributed by atoms with van der Waals surface area (Å²) in [5.41, 5.74) is 1.55. The molecule has 1 fully saturated rings. The molecule has 6 heteroatoms. The third kappa shape index (κ3) is 3.64. The van der Waals surface area contributed by atoms with Gasteiger partial charge < -0.3 is 15.0 Å². The zero-order valence-corrected chi connectivity index (χ0v) is 13.5. The Morgan fingerprint density at radius 1 is 1.14 bits per heavy atom. The Hall–Kier alpha value is -1.92. The van der Waals surface area contributed by atoms with Crippen LogP contribution in [0.5, 0.6) is 0 Å². The van der Waals surface area contributed by atoms with Crippen LogP contribution in [0.1, 0.15) is 10.4 Å². The van der Waals surface area contributed by atoms with E-state index in [0.29, 0.717) is 37.7 Å². The Morgan fingerprint density at radius 2 is 1.86 bits per heavy atom. The summed E-state index contributed by atoms with van der Waals surface area (Å²) >= 11 is 3.40. The van der Waals surface area contributed by atoms with Gasteiger partial charge in [0.2, 0.25) is 0 Å². The van der Waals surface area contributed by atoms with E-state index >= 15 is 0 Å². The van der Waals surface area contributed by atoms with Crippen LogP contribution in [-0.2, 0) is 4.74 Å². The van der Waals surface area contributed by atoms with Gasteiger partial charge in [0.05, 0.1) is 18.8 Å². The molecule has 2 heterocycles. The smallest absolute Gasteiger partial charge is 0.255 e. The van der Waals surface area contributed by atoms with Crippen LogP contribution in [0.25, 0.3) is 0 Å². The molecule has 1 amide bonds. The molecule has 2 aromatic rings. The van der Waals surface area contributed by atoms with Crippen molar-refractivity contribution in [1.29, 1.82) is 0 Å². The van der Waals surface area contributed by atoms with E-state index in [1.54, 1.807) is 17.2 Å². The number of hydrogen-bond donors (Lipinski definition) is 1. The Balaban J connectivity index is 1.66. The lowest BCUT2D eigenvalue weighted by Crippen LogP contribution is -2.40. The van der Waals surface area contributed by atoms with Gasteiger partial charge in [-0.25, -0.2) is 4.98 Å². The van der Waals surface area contributed by atoms with E-state index in [2.05, 4.69) is 26.2 Å². The van der Waals surface area contributed by atoms with Crippen LogP contribution in [0.15, 0.2) is 47.1 Å². The number of ether oxygens (including phenoxy) is 1. The number of halogens is 1. The maximum atomic E-state index is 12.3. The van der Waals surface area contributed by atoms with Crippen LogP contribution in [-0.4, -0.2) is 42.1 Å². The first kappa shape index (κ1) is 15.0. The first-order chi connectivity index (χ1) is 10.7. The third-order valence-electron chi connectivity index (χ3n) is 3.43. The SMILES string of the molecule is O=C(c1ccc(Nc2ccc(Br)cc2)nc1)N1CCOCC1. The topological polar surface area (TPSA) is 54.5 Å². The Labute approximate surface area is 137 Å². The average Bonchev–Trinajstić information content (AvgIpc) is 2.58. The van der Waals surface area contributed by atoms with Crippen molar-refractivity contribution >= 4 is 33.3 Å². The molecule has 0 bridgehead atoms. The molecule has 1 aromatic heterocycles. The maximum absolute atomic E-state index is 12.3. The highest BCUT2D eigenvalue weighted by atomic mass is 79.9. The van der Waals surface area contributed by atoms with Crippen molar-refractivity contribution in [3.63, 3.8) is 0 Å². The van der Waals surface area contributed by atoms with Gasteiger partial charge in [-0.15, -0.1) is 0 Å². The molecular weight excluding hydrogens is 346 g/mol. The predicted molar refractivity (Wildman–Crippen MR) is 88.4 cm³/mol. The van der Waals surface area contributed by atoms with E-state index in [1.165, 1.54) is 0 Å². The number of pyridine rings is 1. The van der Waals surface area contributed by atoms with Gasteiger partial charge in [0.25, 0.3) is 5.91 Å². The van der Waals surface area contributed by atoms with Crippen molar-refractivity contribution < 1.29 is 9.53 Å². The molecule has 0 saturated carbocycles. The van der Waals surface area contributed by atoms with E-state index in [4.69, 9.17) is 4.74 Å². The van der Waals surface area contributed by atoms with Crippen molar-refractivity contribution in [3.05, 3.63) is 52.6 Å². The zero-order valence-electron chi connectivity index (χ0n) is 12.0. The predicted octanol–water partition coefficient (Wildman–Crippen LogP) is 3.06. The number of rotatable bonds is 3. The normalized spacial score (nSPS) is 14.7. The fourth-order valence-corrected chi connectivity index (χ4v) is 2.49. The minimum Gasteiger partial charge on any atom is -0.378 e. The van der Waals surface area contributed by atoms with Crippen molar-refractivity contribution in [2.75, 3.05) is 31.6 Å². The number of carbonyl (C=O) groups excluding carboxylic acids is 1. The summed E-state index contributed by atoms with van der Waals surface area (Å²) in [6, 6.07) is 11.4. The second-order valence-electron chi connectivity index (χ2n) is 4.97. The lowest BCUT2D eigenvalue weighted by Gasteiger charge is -2.26. The quantitative estimate of drug-likeness (QED) is 0.912. The zero-order chi connectivity index (χ0) is 15.4. The number of nitrogens with one attached hydrogen (secondary N) is 1. The average molecular weight is 362 g/mol. The summed E-state index contributed by atoms with van der Waals surface area (Å²) in [5.74, 6) is 0.715. The highest BCUT2D eigenvalue weighted by Gasteiger charge is 2.18. The second kappa shape index (κ2) is 6.89. The molecule has 0 spiro atoms. The van der Waals surface area contributed by atoms with Gasteiger partial charge in [0.15, 0.2) is 0 Å². The highest BCUT2D eigenvalue weighted by Crippen LogP contribution is 2.18. The van der Waals surface area contributed by atoms with Gasteiger partial charge in [-0.05, 0) is 36.4 Å². The third-order valence-corrected chi connectivity index (χ3v) is 3.95. The summed E-state index contributed by atoms with van der Waals surface area (Å²) in [7, 11) is 0. The van der Waals surface area contributed by atoms with Gasteiger partial charge in [0.1, 0.15) is 5.82 Å². The van der Waals surface area contributed by atoms with Crippen molar-refractivity contribution in [3.8, 4) is 0 Å². The number of amides is 1. The van der Waals surface area contributed by atoms with Crippen molar-refractivity contribution in [2.24, 2.45) is 0 Å². The number of carbonyl (C=O) groups is 1. The summed E-state index contributed by atoms with van der Waals surface area (Å²) in [6.07, 6.45) is 1.61. The molecule has 1 aliphatic heterocycles. The van der Waals surface area contributed by atoms with Crippen LogP contribution in [0.3, 0.4) is 0 Å². The Bertz CT molecular complexity index is 637. The summed E-state index contributed by atoms with van der Waals surface area (Å²) < 4.78 is 6.28. The molecule has 0 atom stereocenters. The lowest BCUT2D eigenvalue weighted by atomic mass is 10.2. The number of aromatic nitrogens is 1. The maximum Gasteiger partial charge on any atom is 0.255 e. The largest absolute Gasteiger partial charge is 0.378 e. The van der Waals surface area contributed by atoms with Gasteiger partial charge >= 0.3 is 0 Å². The van der Waals surface area contributed by atoms with E-state index in [0.717, 1.165) is 10.2 Å². The highest BCUT2D eigenvalue weighted by molar-refractivity contribution is 9.10. The van der Waals surface area contributed by atoms with Crippen molar-refractivity contribution in [2.45, 2.75) is 0 Å². The van der Waals surface area contributed by atoms with Crippen LogP contribution in [0.2, 0.25) is 0 Å². The minimum absolute atomic E-state index is 0.00555. The van der Waals surface area contributed by atoms with E-state index in [9.17, 15) is 4.79 Å². The molecule has 22 heavy (non-hydrogen) atoms. The fourth-order valence-electron chi connectivity index (χ4n) is 2.22. The Morgan fingerprint density at radius 3 is 2.50 bits per heavy atom. The van der Waals surface area contributed by atoms with E-state index in [1.807, 2.05) is 30.3 Å². The number of benzene rings is 1. The molecule has 1 aromatic carbocycles. The van der Waals surface area contributed by atoms with E-state index < -0.39 is 0 Å². The summed E-state index contributed by atoms with van der Waals surface area (Å²) in [4.78, 5) is 18.4. The van der Waals surface area contributed by atoms with Crippen LogP contribution in [0.4, 0.5) is 11.5 Å². The first-order valence-corrected chi connectivity index (χ1v) is 7.87. The number of hydrogen-bond acceptors (Lipinski definition) is 4.